The van der Waals surface area contributed by atoms with Crippen molar-refractivity contribution in [3.63, 3.8) is 0 Å². The van der Waals surface area contributed by atoms with Gasteiger partial charge in [0.1, 0.15) is 13.2 Å². The van der Waals surface area contributed by atoms with Crippen molar-refractivity contribution in [2.24, 2.45) is 0 Å². The van der Waals surface area contributed by atoms with E-state index >= 15 is 0 Å². The van der Waals surface area contributed by atoms with Crippen LogP contribution in [0.15, 0.2) is 24.3 Å². The topological polar surface area (TPSA) is 108 Å². The first kappa shape index (κ1) is 59.0. The van der Waals surface area contributed by atoms with E-state index in [1.54, 1.807) is 6.08 Å². The van der Waals surface area contributed by atoms with Gasteiger partial charge in [-0.2, -0.15) is 0 Å². The summed E-state index contributed by atoms with van der Waals surface area (Å²) in [5.41, 5.74) is 0. The Morgan fingerprint density at radius 3 is 1.35 bits per heavy atom. The number of aliphatic hydroxyl groups excluding tert-OH is 1. The summed E-state index contributed by atoms with van der Waals surface area (Å²) in [5.74, 6) is -0.204. The third-order valence-corrected chi connectivity index (χ3v) is 12.6. The van der Waals surface area contributed by atoms with Crippen LogP contribution in [-0.2, 0) is 18.4 Å². The predicted molar refractivity (Wildman–Crippen MR) is 256 cm³/mol. The zero-order valence-corrected chi connectivity index (χ0v) is 41.3. The molecule has 3 atom stereocenters. The molecule has 0 aliphatic rings. The number of unbranched alkanes of at least 4 members (excludes halogenated alkanes) is 32. The van der Waals surface area contributed by atoms with E-state index < -0.39 is 20.0 Å². The molecule has 0 fully saturated rings. The number of carbonyl (C=O) groups excluding carboxylic acids is 1. The lowest BCUT2D eigenvalue weighted by Crippen LogP contribution is -2.45. The summed E-state index contributed by atoms with van der Waals surface area (Å²) in [6.45, 7) is 4.64. The fraction of sp³-hybridized carbons (Fsp3) is 0.902. The van der Waals surface area contributed by atoms with Gasteiger partial charge in [-0.15, -0.1) is 0 Å². The van der Waals surface area contributed by atoms with Crippen LogP contribution in [0.25, 0.3) is 0 Å². The SMILES string of the molecule is CCCCCCCCC/C=C/CC/C=C/C(O)C(COP(=O)([O-])OCC[N+](C)(C)C)NC(=O)CCCCCCCCCCCCCCCCCCCCCCCCCCC. The second kappa shape index (κ2) is 43.2. The Kier molecular flexibility index (Phi) is 42.5. The van der Waals surface area contributed by atoms with Crippen molar-refractivity contribution >= 4 is 13.7 Å². The lowest BCUT2D eigenvalue weighted by atomic mass is 10.0. The smallest absolute Gasteiger partial charge is 0.268 e. The summed E-state index contributed by atoms with van der Waals surface area (Å²) in [7, 11) is 1.25. The molecule has 0 aliphatic carbocycles. The van der Waals surface area contributed by atoms with Crippen LogP contribution in [0.1, 0.15) is 245 Å². The van der Waals surface area contributed by atoms with Crippen molar-refractivity contribution in [1.29, 1.82) is 0 Å². The van der Waals surface area contributed by atoms with Gasteiger partial charge in [0, 0.05) is 6.42 Å². The highest BCUT2D eigenvalue weighted by Crippen LogP contribution is 2.38. The standard InChI is InChI=1S/C51H101N2O6P/c1-6-8-10-12-14-16-18-20-21-22-23-24-25-26-27-28-29-30-31-33-35-37-39-41-43-45-51(55)52-49(48-59-60(56,57)58-47-46-53(3,4)5)50(54)44-42-40-38-36-34-32-19-17-15-13-11-9-7-2/h34,36,42,44,49-50,54H,6-33,35,37-41,43,45-48H2,1-5H3,(H-,52,55,56,57)/b36-34+,44-42+. The zero-order valence-electron chi connectivity index (χ0n) is 40.4. The molecule has 0 aliphatic heterocycles. The molecule has 0 heterocycles. The first-order valence-electron chi connectivity index (χ1n) is 25.7. The second-order valence-corrected chi connectivity index (χ2v) is 20.3. The van der Waals surface area contributed by atoms with Crippen LogP contribution in [0.3, 0.4) is 0 Å². The van der Waals surface area contributed by atoms with Crippen LogP contribution < -0.4 is 10.2 Å². The van der Waals surface area contributed by atoms with Gasteiger partial charge in [-0.3, -0.25) is 9.36 Å². The molecule has 3 unspecified atom stereocenters. The highest BCUT2D eigenvalue weighted by atomic mass is 31.2. The van der Waals surface area contributed by atoms with Crippen LogP contribution in [0.5, 0.6) is 0 Å². The molecule has 0 spiro atoms. The van der Waals surface area contributed by atoms with Gasteiger partial charge in [-0.25, -0.2) is 0 Å². The maximum atomic E-state index is 12.9. The van der Waals surface area contributed by atoms with E-state index in [1.807, 2.05) is 27.2 Å². The van der Waals surface area contributed by atoms with Gasteiger partial charge in [0.15, 0.2) is 0 Å². The summed E-state index contributed by atoms with van der Waals surface area (Å²) in [5, 5.41) is 13.8. The van der Waals surface area contributed by atoms with Crippen LogP contribution >= 0.6 is 7.82 Å². The number of phosphoric ester groups is 1. The number of carbonyl (C=O) groups is 1. The van der Waals surface area contributed by atoms with Crippen molar-refractivity contribution in [1.82, 2.24) is 5.32 Å². The first-order chi connectivity index (χ1) is 29.0. The van der Waals surface area contributed by atoms with E-state index in [1.165, 1.54) is 186 Å². The molecule has 0 aromatic carbocycles. The van der Waals surface area contributed by atoms with Gasteiger partial charge < -0.3 is 28.8 Å². The number of aliphatic hydroxyl groups is 1. The van der Waals surface area contributed by atoms with Crippen LogP contribution in [0.2, 0.25) is 0 Å². The number of nitrogens with one attached hydrogen (secondary N) is 1. The minimum absolute atomic E-state index is 0.00414. The quantitative estimate of drug-likeness (QED) is 0.0273. The summed E-state index contributed by atoms with van der Waals surface area (Å²) in [6, 6.07) is -0.898. The minimum atomic E-state index is -4.59. The molecule has 0 aromatic heterocycles. The molecule has 0 saturated heterocycles. The van der Waals surface area contributed by atoms with E-state index in [-0.39, 0.29) is 19.1 Å². The fourth-order valence-corrected chi connectivity index (χ4v) is 8.30. The highest BCUT2D eigenvalue weighted by Gasteiger charge is 2.23. The number of amides is 1. The largest absolute Gasteiger partial charge is 0.756 e. The van der Waals surface area contributed by atoms with Gasteiger partial charge in [0.05, 0.1) is 39.9 Å². The molecule has 0 radical (unpaired) electrons. The molecular weight excluding hydrogens is 768 g/mol. The summed E-state index contributed by atoms with van der Waals surface area (Å²) < 4.78 is 23.2. The Morgan fingerprint density at radius 1 is 0.567 bits per heavy atom. The molecule has 0 bridgehead atoms. The Labute approximate surface area is 373 Å². The second-order valence-electron chi connectivity index (χ2n) is 18.9. The van der Waals surface area contributed by atoms with Crippen molar-refractivity contribution in [2.75, 3.05) is 40.9 Å². The Morgan fingerprint density at radius 2 is 0.933 bits per heavy atom. The Hall–Kier alpha value is -1.02. The van der Waals surface area contributed by atoms with Gasteiger partial charge in [-0.1, -0.05) is 231 Å². The molecule has 356 valence electrons. The minimum Gasteiger partial charge on any atom is -0.756 e. The van der Waals surface area contributed by atoms with Crippen LogP contribution in [0, 0.1) is 0 Å². The molecular formula is C51H101N2O6P. The number of nitrogens with zero attached hydrogens (tertiary/aromatic N) is 1. The van der Waals surface area contributed by atoms with Gasteiger partial charge in [-0.05, 0) is 32.1 Å². The van der Waals surface area contributed by atoms with Gasteiger partial charge in [0.25, 0.3) is 7.82 Å². The predicted octanol–water partition coefficient (Wildman–Crippen LogP) is 14.2. The van der Waals surface area contributed by atoms with E-state index in [2.05, 4.69) is 31.3 Å². The molecule has 60 heavy (non-hydrogen) atoms. The number of hydrogen-bond donors (Lipinski definition) is 2. The van der Waals surface area contributed by atoms with E-state index in [4.69, 9.17) is 9.05 Å². The number of allylic oxidation sites excluding steroid dienone is 3. The van der Waals surface area contributed by atoms with Crippen LogP contribution in [-0.4, -0.2) is 68.5 Å². The van der Waals surface area contributed by atoms with Crippen molar-refractivity contribution in [3.8, 4) is 0 Å². The van der Waals surface area contributed by atoms with Crippen molar-refractivity contribution in [2.45, 2.75) is 257 Å². The molecule has 8 nitrogen and oxygen atoms in total. The first-order valence-corrected chi connectivity index (χ1v) is 27.2. The van der Waals surface area contributed by atoms with Crippen LogP contribution in [0.4, 0.5) is 0 Å². The number of rotatable bonds is 47. The lowest BCUT2D eigenvalue weighted by molar-refractivity contribution is -0.870. The molecule has 0 aromatic rings. The van der Waals surface area contributed by atoms with Crippen molar-refractivity contribution < 1.29 is 32.9 Å². The zero-order chi connectivity index (χ0) is 44.3. The third-order valence-electron chi connectivity index (χ3n) is 11.7. The fourth-order valence-electron chi connectivity index (χ4n) is 7.58. The van der Waals surface area contributed by atoms with Gasteiger partial charge in [0.2, 0.25) is 5.91 Å². The maximum absolute atomic E-state index is 12.9. The van der Waals surface area contributed by atoms with E-state index in [0.717, 1.165) is 38.5 Å². The monoisotopic (exact) mass is 869 g/mol. The van der Waals surface area contributed by atoms with Gasteiger partial charge >= 0.3 is 0 Å². The average molecular weight is 869 g/mol. The molecule has 2 N–H and O–H groups in total. The third kappa shape index (κ3) is 45.0. The highest BCUT2D eigenvalue weighted by molar-refractivity contribution is 7.45. The maximum Gasteiger partial charge on any atom is 0.268 e. The Bertz CT molecular complexity index is 1030. The number of phosphoric acid groups is 1. The number of quaternary nitrogens is 1. The summed E-state index contributed by atoms with van der Waals surface area (Å²) in [6.07, 6.45) is 52.5. The number of likely N-dealkylation sites (N-methyl/N-ethyl adjacent to an activating group) is 1. The molecule has 0 saturated carbocycles. The average Bonchev–Trinajstić information content (AvgIpc) is 3.20. The summed E-state index contributed by atoms with van der Waals surface area (Å²) in [4.78, 5) is 25.4. The Balaban J connectivity index is 4.18. The lowest BCUT2D eigenvalue weighted by Gasteiger charge is -2.29. The van der Waals surface area contributed by atoms with E-state index in [9.17, 15) is 19.4 Å². The van der Waals surface area contributed by atoms with E-state index in [0.29, 0.717) is 17.4 Å². The summed E-state index contributed by atoms with van der Waals surface area (Å²) >= 11 is 0. The number of hydrogen-bond acceptors (Lipinski definition) is 6. The normalized spacial score (nSPS) is 14.3. The molecule has 0 rings (SSSR count). The molecule has 1 amide bonds. The van der Waals surface area contributed by atoms with Crippen molar-refractivity contribution in [3.05, 3.63) is 24.3 Å². The molecule has 9 heteroatoms.